The van der Waals surface area contributed by atoms with E-state index in [2.05, 4.69) is 44.0 Å². The Morgan fingerprint density at radius 3 is 2.41 bits per heavy atom. The molecule has 0 saturated carbocycles. The van der Waals surface area contributed by atoms with Crippen molar-refractivity contribution >= 4 is 34.5 Å². The van der Waals surface area contributed by atoms with E-state index >= 15 is 0 Å². The first-order valence-corrected chi connectivity index (χ1v) is 11.0. The second-order valence-corrected chi connectivity index (χ2v) is 9.97. The molecule has 0 unspecified atom stereocenters. The summed E-state index contributed by atoms with van der Waals surface area (Å²) in [6, 6.07) is 11.9. The van der Waals surface area contributed by atoms with Crippen LogP contribution in [-0.4, -0.2) is 31.4 Å². The summed E-state index contributed by atoms with van der Waals surface area (Å²) in [4.78, 5) is 30.4. The third kappa shape index (κ3) is 4.99. The van der Waals surface area contributed by atoms with Crippen LogP contribution in [0.25, 0.3) is 0 Å². The Morgan fingerprint density at radius 2 is 1.83 bits per heavy atom. The number of benzene rings is 1. The van der Waals surface area contributed by atoms with Gasteiger partial charge in [-0.2, -0.15) is 0 Å². The standard InChI is InChI=1S/C23H31N3O2S/c1-16-13-25(18-9-6-7-10-19(18)26(14-16)17(2)27)15-21(28)24-22(23(3,4)5)20-11-8-12-29-20/h6-12,16,22H,13-15H2,1-5H3,(H,24,28)/t16-,22+/m1/s1. The Kier molecular flexibility index (Phi) is 6.32. The molecule has 1 aliphatic rings. The smallest absolute Gasteiger partial charge is 0.240 e. The number of thiophene rings is 1. The molecule has 1 aliphatic heterocycles. The van der Waals surface area contributed by atoms with Gasteiger partial charge >= 0.3 is 0 Å². The normalized spacial score (nSPS) is 18.0. The summed E-state index contributed by atoms with van der Waals surface area (Å²) < 4.78 is 0. The number of fused-ring (bicyclic) bond motifs is 1. The van der Waals surface area contributed by atoms with Crippen LogP contribution >= 0.6 is 11.3 Å². The van der Waals surface area contributed by atoms with Crippen LogP contribution < -0.4 is 15.1 Å². The molecule has 2 aromatic rings. The molecule has 0 bridgehead atoms. The Bertz CT molecular complexity index is 857. The second-order valence-electron chi connectivity index (χ2n) is 8.99. The van der Waals surface area contributed by atoms with Gasteiger partial charge in [0.2, 0.25) is 11.8 Å². The van der Waals surface area contributed by atoms with Gasteiger partial charge in [-0.25, -0.2) is 0 Å². The van der Waals surface area contributed by atoms with Crippen molar-refractivity contribution in [1.82, 2.24) is 5.32 Å². The van der Waals surface area contributed by atoms with Gasteiger partial charge in [0.1, 0.15) is 0 Å². The molecule has 0 aliphatic carbocycles. The molecule has 6 heteroatoms. The van der Waals surface area contributed by atoms with Crippen LogP contribution in [0.5, 0.6) is 0 Å². The van der Waals surface area contributed by atoms with E-state index in [1.807, 2.05) is 40.6 Å². The maximum Gasteiger partial charge on any atom is 0.240 e. The minimum Gasteiger partial charge on any atom is -0.360 e. The van der Waals surface area contributed by atoms with E-state index in [1.54, 1.807) is 18.3 Å². The molecular weight excluding hydrogens is 382 g/mol. The minimum absolute atomic E-state index is 0.00315. The van der Waals surface area contributed by atoms with Crippen molar-refractivity contribution in [3.8, 4) is 0 Å². The first-order valence-electron chi connectivity index (χ1n) is 10.1. The van der Waals surface area contributed by atoms with E-state index in [-0.39, 0.29) is 35.7 Å². The van der Waals surface area contributed by atoms with Gasteiger partial charge in [0, 0.05) is 24.9 Å². The molecule has 156 valence electrons. The lowest BCUT2D eigenvalue weighted by atomic mass is 9.85. The van der Waals surface area contributed by atoms with Crippen LogP contribution in [-0.2, 0) is 9.59 Å². The van der Waals surface area contributed by atoms with Gasteiger partial charge in [-0.05, 0) is 34.9 Å². The van der Waals surface area contributed by atoms with Crippen LogP contribution in [0.3, 0.4) is 0 Å². The van der Waals surface area contributed by atoms with E-state index in [0.717, 1.165) is 17.9 Å². The third-order valence-corrected chi connectivity index (χ3v) is 6.19. The van der Waals surface area contributed by atoms with Crippen molar-refractivity contribution in [1.29, 1.82) is 0 Å². The lowest BCUT2D eigenvalue weighted by Gasteiger charge is -2.32. The summed E-state index contributed by atoms with van der Waals surface area (Å²) in [5.74, 6) is 0.285. The van der Waals surface area contributed by atoms with Gasteiger partial charge in [0.25, 0.3) is 0 Å². The monoisotopic (exact) mass is 413 g/mol. The number of hydrogen-bond donors (Lipinski definition) is 1. The lowest BCUT2D eigenvalue weighted by molar-refractivity contribution is -0.121. The largest absolute Gasteiger partial charge is 0.360 e. The second kappa shape index (κ2) is 8.57. The third-order valence-electron chi connectivity index (χ3n) is 5.25. The number of anilines is 2. The Balaban J connectivity index is 1.83. The average Bonchev–Trinajstić information content (AvgIpc) is 3.12. The number of nitrogens with zero attached hydrogens (tertiary/aromatic N) is 2. The molecule has 0 spiro atoms. The Hall–Kier alpha value is -2.34. The number of para-hydroxylation sites is 2. The van der Waals surface area contributed by atoms with Gasteiger partial charge in [0.15, 0.2) is 0 Å². The maximum atomic E-state index is 13.1. The molecule has 1 N–H and O–H groups in total. The van der Waals surface area contributed by atoms with E-state index < -0.39 is 0 Å². The minimum atomic E-state index is -0.0874. The molecule has 2 atom stereocenters. The highest BCUT2D eigenvalue weighted by Gasteiger charge is 2.31. The summed E-state index contributed by atoms with van der Waals surface area (Å²) >= 11 is 1.67. The van der Waals surface area contributed by atoms with E-state index in [9.17, 15) is 9.59 Å². The van der Waals surface area contributed by atoms with Crippen molar-refractivity contribution in [2.75, 3.05) is 29.4 Å². The number of hydrogen-bond acceptors (Lipinski definition) is 4. The molecular formula is C23H31N3O2S. The molecule has 5 nitrogen and oxygen atoms in total. The molecule has 3 rings (SSSR count). The van der Waals surface area contributed by atoms with Crippen LogP contribution in [0.1, 0.15) is 45.5 Å². The molecule has 0 fully saturated rings. The molecule has 0 saturated heterocycles. The zero-order chi connectivity index (χ0) is 21.2. The summed E-state index contributed by atoms with van der Waals surface area (Å²) in [6.45, 7) is 11.8. The maximum absolute atomic E-state index is 13.1. The summed E-state index contributed by atoms with van der Waals surface area (Å²) in [7, 11) is 0. The van der Waals surface area contributed by atoms with Crippen molar-refractivity contribution < 1.29 is 9.59 Å². The van der Waals surface area contributed by atoms with Crippen molar-refractivity contribution in [3.63, 3.8) is 0 Å². The van der Waals surface area contributed by atoms with Crippen molar-refractivity contribution in [2.24, 2.45) is 11.3 Å². The van der Waals surface area contributed by atoms with Crippen LogP contribution in [0.2, 0.25) is 0 Å². The fraction of sp³-hybridized carbons (Fsp3) is 0.478. The number of carbonyl (C=O) groups excluding carboxylic acids is 2. The SMILES string of the molecule is CC(=O)N1C[C@H](C)CN(CC(=O)N[C@@H](c2cccs2)C(C)(C)C)c2ccccc21. The van der Waals surface area contributed by atoms with Crippen molar-refractivity contribution in [3.05, 3.63) is 46.7 Å². The van der Waals surface area contributed by atoms with E-state index in [0.29, 0.717) is 6.54 Å². The van der Waals surface area contributed by atoms with Crippen molar-refractivity contribution in [2.45, 2.75) is 40.7 Å². The molecule has 2 amide bonds. The first kappa shape index (κ1) is 21.4. The molecule has 1 aromatic heterocycles. The van der Waals surface area contributed by atoms with Gasteiger partial charge in [-0.1, -0.05) is 45.9 Å². The molecule has 1 aromatic carbocycles. The van der Waals surface area contributed by atoms with Gasteiger partial charge < -0.3 is 15.1 Å². The van der Waals surface area contributed by atoms with Crippen LogP contribution in [0, 0.1) is 11.3 Å². The number of rotatable bonds is 4. The molecule has 29 heavy (non-hydrogen) atoms. The lowest BCUT2D eigenvalue weighted by Crippen LogP contribution is -2.43. The fourth-order valence-electron chi connectivity index (χ4n) is 3.90. The summed E-state index contributed by atoms with van der Waals surface area (Å²) in [6.07, 6.45) is 0. The van der Waals surface area contributed by atoms with Gasteiger partial charge in [-0.3, -0.25) is 9.59 Å². The predicted molar refractivity (Wildman–Crippen MR) is 121 cm³/mol. The highest BCUT2D eigenvalue weighted by molar-refractivity contribution is 7.10. The van der Waals surface area contributed by atoms with Gasteiger partial charge in [-0.15, -0.1) is 11.3 Å². The zero-order valence-corrected chi connectivity index (χ0v) is 18.8. The number of amides is 2. The fourth-order valence-corrected chi connectivity index (χ4v) is 4.92. The molecule has 2 heterocycles. The van der Waals surface area contributed by atoms with E-state index in [4.69, 9.17) is 0 Å². The Morgan fingerprint density at radius 1 is 1.14 bits per heavy atom. The number of carbonyl (C=O) groups is 2. The highest BCUT2D eigenvalue weighted by atomic mass is 32.1. The molecule has 0 radical (unpaired) electrons. The zero-order valence-electron chi connectivity index (χ0n) is 17.9. The van der Waals surface area contributed by atoms with Crippen LogP contribution in [0.4, 0.5) is 11.4 Å². The summed E-state index contributed by atoms with van der Waals surface area (Å²) in [5.41, 5.74) is 1.73. The quantitative estimate of drug-likeness (QED) is 0.805. The number of nitrogens with one attached hydrogen (secondary N) is 1. The Labute approximate surface area is 177 Å². The summed E-state index contributed by atoms with van der Waals surface area (Å²) in [5, 5.41) is 5.30. The average molecular weight is 414 g/mol. The van der Waals surface area contributed by atoms with Gasteiger partial charge in [0.05, 0.1) is 24.0 Å². The first-order chi connectivity index (χ1) is 13.7. The highest BCUT2D eigenvalue weighted by Crippen LogP contribution is 2.36. The van der Waals surface area contributed by atoms with Crippen LogP contribution in [0.15, 0.2) is 41.8 Å². The van der Waals surface area contributed by atoms with E-state index in [1.165, 1.54) is 4.88 Å². The topological polar surface area (TPSA) is 52.7 Å². The predicted octanol–water partition coefficient (Wildman–Crippen LogP) is 4.46.